The van der Waals surface area contributed by atoms with Gasteiger partial charge in [0.25, 0.3) is 0 Å². The Bertz CT molecular complexity index is 640. The molecule has 0 atom stereocenters. The molecule has 2 aromatic rings. The standard InChI is InChI=1S/C15H13Br2ClN2/c16-11-6-5-10(7-12(11)17)15-19-13(8-14(18)20-15)9-3-1-2-4-9/h5-9H,1-4H2. The van der Waals surface area contributed by atoms with Crippen molar-refractivity contribution in [2.45, 2.75) is 31.6 Å². The topological polar surface area (TPSA) is 25.8 Å². The van der Waals surface area contributed by atoms with Crippen LogP contribution in [0.1, 0.15) is 37.3 Å². The van der Waals surface area contributed by atoms with Gasteiger partial charge >= 0.3 is 0 Å². The Labute approximate surface area is 140 Å². The van der Waals surface area contributed by atoms with Gasteiger partial charge in [-0.3, -0.25) is 0 Å². The SMILES string of the molecule is Clc1cc(C2CCCC2)nc(-c2ccc(Br)c(Br)c2)n1. The minimum Gasteiger partial charge on any atom is -0.233 e. The average molecular weight is 417 g/mol. The monoisotopic (exact) mass is 414 g/mol. The third-order valence-corrected chi connectivity index (χ3v) is 5.74. The summed E-state index contributed by atoms with van der Waals surface area (Å²) >= 11 is 13.2. The fraction of sp³-hybridized carbons (Fsp3) is 0.333. The maximum atomic E-state index is 6.18. The molecule has 5 heteroatoms. The van der Waals surface area contributed by atoms with Gasteiger partial charge in [-0.2, -0.15) is 0 Å². The van der Waals surface area contributed by atoms with Crippen LogP contribution < -0.4 is 0 Å². The summed E-state index contributed by atoms with van der Waals surface area (Å²) in [6, 6.07) is 7.90. The molecule has 1 saturated carbocycles. The molecule has 0 bridgehead atoms. The molecule has 0 saturated heterocycles. The summed E-state index contributed by atoms with van der Waals surface area (Å²) in [6.45, 7) is 0. The maximum Gasteiger partial charge on any atom is 0.161 e. The number of rotatable bonds is 2. The summed E-state index contributed by atoms with van der Waals surface area (Å²) in [7, 11) is 0. The van der Waals surface area contributed by atoms with Crippen molar-refractivity contribution in [3.63, 3.8) is 0 Å². The van der Waals surface area contributed by atoms with Crippen molar-refractivity contribution >= 4 is 43.5 Å². The molecule has 0 unspecified atom stereocenters. The van der Waals surface area contributed by atoms with Crippen molar-refractivity contribution < 1.29 is 0 Å². The van der Waals surface area contributed by atoms with E-state index in [1.165, 1.54) is 25.7 Å². The zero-order valence-electron chi connectivity index (χ0n) is 10.7. The molecule has 1 aliphatic carbocycles. The third-order valence-electron chi connectivity index (χ3n) is 3.67. The first-order chi connectivity index (χ1) is 9.63. The smallest absolute Gasteiger partial charge is 0.161 e. The summed E-state index contributed by atoms with van der Waals surface area (Å²) in [5.74, 6) is 1.24. The first-order valence-electron chi connectivity index (χ1n) is 6.63. The lowest BCUT2D eigenvalue weighted by Gasteiger charge is -2.11. The highest BCUT2D eigenvalue weighted by Crippen LogP contribution is 2.35. The van der Waals surface area contributed by atoms with Crippen LogP contribution in [-0.4, -0.2) is 9.97 Å². The van der Waals surface area contributed by atoms with Gasteiger partial charge in [-0.25, -0.2) is 9.97 Å². The Hall–Kier alpha value is -0.450. The second-order valence-electron chi connectivity index (χ2n) is 5.05. The predicted molar refractivity (Wildman–Crippen MR) is 89.1 cm³/mol. The van der Waals surface area contributed by atoms with Gasteiger partial charge in [0.15, 0.2) is 5.82 Å². The zero-order valence-corrected chi connectivity index (χ0v) is 14.7. The number of hydrogen-bond acceptors (Lipinski definition) is 2. The number of aromatic nitrogens is 2. The molecule has 0 spiro atoms. The second kappa shape index (κ2) is 6.12. The summed E-state index contributed by atoms with van der Waals surface area (Å²) < 4.78 is 2.00. The van der Waals surface area contributed by atoms with Crippen LogP contribution in [0.25, 0.3) is 11.4 Å². The Balaban J connectivity index is 2.02. The minimum absolute atomic E-state index is 0.524. The van der Waals surface area contributed by atoms with E-state index in [-0.39, 0.29) is 0 Å². The summed E-state index contributed by atoms with van der Waals surface area (Å²) in [6.07, 6.45) is 4.98. The average Bonchev–Trinajstić information content (AvgIpc) is 2.95. The molecule has 0 aliphatic heterocycles. The van der Waals surface area contributed by atoms with Crippen LogP contribution in [0.15, 0.2) is 33.2 Å². The van der Waals surface area contributed by atoms with Crippen molar-refractivity contribution in [2.75, 3.05) is 0 Å². The Morgan fingerprint density at radius 2 is 1.75 bits per heavy atom. The van der Waals surface area contributed by atoms with Crippen LogP contribution in [-0.2, 0) is 0 Å². The molecule has 0 amide bonds. The van der Waals surface area contributed by atoms with E-state index in [1.807, 2.05) is 24.3 Å². The van der Waals surface area contributed by atoms with Crippen LogP contribution in [0.2, 0.25) is 5.15 Å². The first-order valence-corrected chi connectivity index (χ1v) is 8.60. The maximum absolute atomic E-state index is 6.18. The van der Waals surface area contributed by atoms with Crippen LogP contribution in [0, 0.1) is 0 Å². The Morgan fingerprint density at radius 1 is 1.00 bits per heavy atom. The molecule has 0 N–H and O–H groups in total. The highest BCUT2D eigenvalue weighted by atomic mass is 79.9. The van der Waals surface area contributed by atoms with Crippen LogP contribution in [0.3, 0.4) is 0 Å². The highest BCUT2D eigenvalue weighted by Gasteiger charge is 2.20. The number of nitrogens with zero attached hydrogens (tertiary/aromatic N) is 2. The molecule has 20 heavy (non-hydrogen) atoms. The minimum atomic E-state index is 0.524. The van der Waals surface area contributed by atoms with E-state index in [0.717, 1.165) is 20.2 Å². The lowest BCUT2D eigenvalue weighted by Crippen LogP contribution is -2.00. The molecular formula is C15H13Br2ClN2. The van der Waals surface area contributed by atoms with Gasteiger partial charge in [0.05, 0.1) is 0 Å². The molecule has 1 heterocycles. The molecule has 2 nitrogen and oxygen atoms in total. The molecule has 0 radical (unpaired) electrons. The van der Waals surface area contributed by atoms with Crippen molar-refractivity contribution in [1.29, 1.82) is 0 Å². The van der Waals surface area contributed by atoms with Crippen molar-refractivity contribution in [3.8, 4) is 11.4 Å². The number of hydrogen-bond donors (Lipinski definition) is 0. The van der Waals surface area contributed by atoms with Crippen LogP contribution >= 0.6 is 43.5 Å². The van der Waals surface area contributed by atoms with Gasteiger partial charge in [0.2, 0.25) is 0 Å². The normalized spacial score (nSPS) is 15.8. The second-order valence-corrected chi connectivity index (χ2v) is 7.15. The molecule has 1 aliphatic rings. The number of halogens is 3. The van der Waals surface area contributed by atoms with E-state index in [2.05, 4.69) is 36.8 Å². The Kier molecular flexibility index (Phi) is 4.43. The van der Waals surface area contributed by atoms with Gasteiger partial charge in [0, 0.05) is 26.1 Å². The largest absolute Gasteiger partial charge is 0.233 e. The van der Waals surface area contributed by atoms with Gasteiger partial charge in [-0.05, 0) is 69.0 Å². The molecule has 104 valence electrons. The summed E-state index contributed by atoms with van der Waals surface area (Å²) in [5, 5.41) is 0.524. The molecule has 3 rings (SSSR count). The van der Waals surface area contributed by atoms with Gasteiger partial charge < -0.3 is 0 Å². The van der Waals surface area contributed by atoms with E-state index in [1.54, 1.807) is 0 Å². The number of benzene rings is 1. The van der Waals surface area contributed by atoms with Crippen molar-refractivity contribution in [3.05, 3.63) is 44.1 Å². The summed E-state index contributed by atoms with van der Waals surface area (Å²) in [5.41, 5.74) is 2.05. The highest BCUT2D eigenvalue weighted by molar-refractivity contribution is 9.13. The molecule has 1 aromatic heterocycles. The fourth-order valence-corrected chi connectivity index (χ4v) is 3.45. The van der Waals surface area contributed by atoms with Crippen LogP contribution in [0.4, 0.5) is 0 Å². The van der Waals surface area contributed by atoms with Gasteiger partial charge in [-0.15, -0.1) is 0 Å². The van der Waals surface area contributed by atoms with E-state index in [0.29, 0.717) is 16.9 Å². The van der Waals surface area contributed by atoms with Crippen molar-refractivity contribution in [2.24, 2.45) is 0 Å². The van der Waals surface area contributed by atoms with Crippen LogP contribution in [0.5, 0.6) is 0 Å². The zero-order chi connectivity index (χ0) is 14.1. The lowest BCUT2D eigenvalue weighted by molar-refractivity contribution is 0.695. The van der Waals surface area contributed by atoms with Gasteiger partial charge in [-0.1, -0.05) is 24.4 Å². The van der Waals surface area contributed by atoms with E-state index >= 15 is 0 Å². The lowest BCUT2D eigenvalue weighted by atomic mass is 10.0. The van der Waals surface area contributed by atoms with Gasteiger partial charge in [0.1, 0.15) is 5.15 Å². The Morgan fingerprint density at radius 3 is 2.45 bits per heavy atom. The quantitative estimate of drug-likeness (QED) is 0.563. The van der Waals surface area contributed by atoms with Crippen molar-refractivity contribution in [1.82, 2.24) is 9.97 Å². The third kappa shape index (κ3) is 3.07. The molecule has 1 aromatic carbocycles. The first kappa shape index (κ1) is 14.5. The van der Waals surface area contributed by atoms with E-state index in [4.69, 9.17) is 16.6 Å². The predicted octanol–water partition coefficient (Wildman–Crippen LogP) is 5.98. The molecule has 1 fully saturated rings. The summed E-state index contributed by atoms with van der Waals surface area (Å²) in [4.78, 5) is 9.09. The van der Waals surface area contributed by atoms with E-state index < -0.39 is 0 Å². The fourth-order valence-electron chi connectivity index (χ4n) is 2.63. The molecular weight excluding hydrogens is 403 g/mol. The van der Waals surface area contributed by atoms with E-state index in [9.17, 15) is 0 Å².